The summed E-state index contributed by atoms with van der Waals surface area (Å²) in [6.07, 6.45) is 5.74. The van der Waals surface area contributed by atoms with E-state index in [0.29, 0.717) is 11.6 Å². The number of pyridine rings is 1. The molecule has 1 saturated heterocycles. The molecule has 3 rings (SSSR count). The molecule has 0 aromatic carbocycles. The lowest BCUT2D eigenvalue weighted by molar-refractivity contribution is 0.0678. The number of piperidine rings is 1. The van der Waals surface area contributed by atoms with E-state index in [1.54, 1.807) is 12.4 Å². The monoisotopic (exact) mass is 302 g/mol. The minimum absolute atomic E-state index is 0.0389. The van der Waals surface area contributed by atoms with Crippen molar-refractivity contribution in [3.63, 3.8) is 0 Å². The molecule has 1 aliphatic rings. The third-order valence-corrected chi connectivity index (χ3v) is 4.34. The Bertz CT molecular complexity index is 613. The number of aromatic nitrogens is 2. The lowest BCUT2D eigenvalue weighted by Crippen LogP contribution is -2.39. The van der Waals surface area contributed by atoms with Crippen molar-refractivity contribution in [2.45, 2.75) is 19.8 Å². The van der Waals surface area contributed by atoms with Crippen LogP contribution in [0.4, 0.5) is 10.8 Å². The summed E-state index contributed by atoms with van der Waals surface area (Å²) in [5.41, 5.74) is 1.40. The van der Waals surface area contributed by atoms with E-state index in [-0.39, 0.29) is 5.91 Å². The zero-order chi connectivity index (χ0) is 14.7. The Morgan fingerprint density at radius 2 is 2.43 bits per heavy atom. The van der Waals surface area contributed by atoms with Crippen LogP contribution in [0.3, 0.4) is 0 Å². The van der Waals surface area contributed by atoms with Gasteiger partial charge in [0.2, 0.25) is 0 Å². The molecule has 1 aliphatic heterocycles. The number of nitrogens with zero attached hydrogens (tertiary/aromatic N) is 3. The van der Waals surface area contributed by atoms with Crippen LogP contribution >= 0.6 is 11.3 Å². The Morgan fingerprint density at radius 1 is 1.52 bits per heavy atom. The van der Waals surface area contributed by atoms with Crippen molar-refractivity contribution in [1.29, 1.82) is 0 Å². The average Bonchev–Trinajstić information content (AvgIpc) is 2.96. The van der Waals surface area contributed by atoms with E-state index in [9.17, 15) is 4.79 Å². The highest BCUT2D eigenvalue weighted by atomic mass is 32.1. The van der Waals surface area contributed by atoms with E-state index < -0.39 is 0 Å². The number of likely N-dealkylation sites (tertiary alicyclic amines) is 1. The third-order valence-electron chi connectivity index (χ3n) is 3.58. The van der Waals surface area contributed by atoms with Crippen LogP contribution in [-0.2, 0) is 0 Å². The van der Waals surface area contributed by atoms with E-state index in [2.05, 4.69) is 22.2 Å². The van der Waals surface area contributed by atoms with Gasteiger partial charge in [-0.05, 0) is 30.9 Å². The molecular formula is C15H18N4OS. The van der Waals surface area contributed by atoms with Crippen LogP contribution in [0.25, 0.3) is 0 Å². The highest BCUT2D eigenvalue weighted by Gasteiger charge is 2.23. The summed E-state index contributed by atoms with van der Waals surface area (Å²) in [6, 6.07) is 3.78. The first kappa shape index (κ1) is 14.0. The second-order valence-corrected chi connectivity index (χ2v) is 6.26. The van der Waals surface area contributed by atoms with Crippen LogP contribution in [0.2, 0.25) is 0 Å². The Balaban J connectivity index is 1.68. The zero-order valence-electron chi connectivity index (χ0n) is 12.0. The van der Waals surface area contributed by atoms with Crippen LogP contribution in [0.5, 0.6) is 0 Å². The number of hydrogen-bond donors (Lipinski definition) is 1. The molecule has 0 saturated carbocycles. The number of thiazole rings is 1. The van der Waals surface area contributed by atoms with Gasteiger partial charge >= 0.3 is 0 Å². The highest BCUT2D eigenvalue weighted by molar-refractivity contribution is 7.14. The van der Waals surface area contributed by atoms with Gasteiger partial charge in [0.05, 0.1) is 11.9 Å². The van der Waals surface area contributed by atoms with Crippen molar-refractivity contribution in [1.82, 2.24) is 14.9 Å². The minimum Gasteiger partial charge on any atom is -0.337 e. The highest BCUT2D eigenvalue weighted by Crippen LogP contribution is 2.23. The Hall–Kier alpha value is -1.95. The molecule has 3 heterocycles. The normalized spacial score (nSPS) is 18.5. The van der Waals surface area contributed by atoms with E-state index in [0.717, 1.165) is 30.3 Å². The SMILES string of the molecule is CC1CCCN(C(=O)c2csc(Nc3cccnc3)n2)C1. The van der Waals surface area contributed by atoms with Gasteiger partial charge in [0, 0.05) is 24.7 Å². The van der Waals surface area contributed by atoms with Gasteiger partial charge in [-0.25, -0.2) is 4.98 Å². The van der Waals surface area contributed by atoms with Crippen molar-refractivity contribution in [3.8, 4) is 0 Å². The predicted molar refractivity (Wildman–Crippen MR) is 83.9 cm³/mol. The van der Waals surface area contributed by atoms with Gasteiger partial charge in [0.1, 0.15) is 5.69 Å². The van der Waals surface area contributed by atoms with Crippen LogP contribution in [-0.4, -0.2) is 33.9 Å². The molecule has 1 unspecified atom stereocenters. The van der Waals surface area contributed by atoms with Crippen molar-refractivity contribution in [3.05, 3.63) is 35.6 Å². The quantitative estimate of drug-likeness (QED) is 0.946. The van der Waals surface area contributed by atoms with Crippen LogP contribution in [0.1, 0.15) is 30.3 Å². The largest absolute Gasteiger partial charge is 0.337 e. The van der Waals surface area contributed by atoms with Crippen molar-refractivity contribution >= 4 is 28.1 Å². The maximum atomic E-state index is 12.4. The maximum absolute atomic E-state index is 12.4. The standard InChI is InChI=1S/C15H18N4OS/c1-11-4-3-7-19(9-11)14(20)13-10-21-15(18-13)17-12-5-2-6-16-8-12/h2,5-6,8,10-11H,3-4,7,9H2,1H3,(H,17,18). The summed E-state index contributed by atoms with van der Waals surface area (Å²) in [7, 11) is 0. The second kappa shape index (κ2) is 6.22. The molecule has 21 heavy (non-hydrogen) atoms. The molecule has 2 aromatic rings. The van der Waals surface area contributed by atoms with Gasteiger partial charge in [0.25, 0.3) is 5.91 Å². The molecule has 5 nitrogen and oxygen atoms in total. The molecule has 0 aliphatic carbocycles. The van der Waals surface area contributed by atoms with Gasteiger partial charge in [-0.3, -0.25) is 9.78 Å². The maximum Gasteiger partial charge on any atom is 0.273 e. The third kappa shape index (κ3) is 3.39. The molecule has 6 heteroatoms. The predicted octanol–water partition coefficient (Wildman–Crippen LogP) is 3.15. The Labute approximate surface area is 128 Å². The van der Waals surface area contributed by atoms with E-state index >= 15 is 0 Å². The van der Waals surface area contributed by atoms with Gasteiger partial charge in [-0.2, -0.15) is 0 Å². The fourth-order valence-corrected chi connectivity index (χ4v) is 3.23. The molecule has 0 bridgehead atoms. The number of nitrogens with one attached hydrogen (secondary N) is 1. The van der Waals surface area contributed by atoms with Crippen molar-refractivity contribution < 1.29 is 4.79 Å². The van der Waals surface area contributed by atoms with Crippen LogP contribution in [0.15, 0.2) is 29.9 Å². The molecule has 2 aromatic heterocycles. The first-order valence-electron chi connectivity index (χ1n) is 7.14. The molecule has 0 spiro atoms. The average molecular weight is 302 g/mol. The fraction of sp³-hybridized carbons (Fsp3) is 0.400. The number of hydrogen-bond acceptors (Lipinski definition) is 5. The van der Waals surface area contributed by atoms with Gasteiger partial charge in [-0.1, -0.05) is 6.92 Å². The molecule has 110 valence electrons. The van der Waals surface area contributed by atoms with Crippen LogP contribution < -0.4 is 5.32 Å². The summed E-state index contributed by atoms with van der Waals surface area (Å²) in [5.74, 6) is 0.617. The number of carbonyl (C=O) groups is 1. The number of anilines is 2. The summed E-state index contributed by atoms with van der Waals surface area (Å²) in [5, 5.41) is 5.70. The molecule has 1 fully saturated rings. The zero-order valence-corrected chi connectivity index (χ0v) is 12.8. The summed E-state index contributed by atoms with van der Waals surface area (Å²) in [4.78, 5) is 22.8. The summed E-state index contributed by atoms with van der Waals surface area (Å²) in [6.45, 7) is 3.86. The van der Waals surface area contributed by atoms with Gasteiger partial charge < -0.3 is 10.2 Å². The lowest BCUT2D eigenvalue weighted by Gasteiger charge is -2.30. The molecule has 1 amide bonds. The summed E-state index contributed by atoms with van der Waals surface area (Å²) >= 11 is 1.44. The van der Waals surface area contributed by atoms with Crippen molar-refractivity contribution in [2.75, 3.05) is 18.4 Å². The fourth-order valence-electron chi connectivity index (χ4n) is 2.53. The number of carbonyl (C=O) groups excluding carboxylic acids is 1. The smallest absolute Gasteiger partial charge is 0.273 e. The van der Waals surface area contributed by atoms with E-state index in [1.807, 2.05) is 22.4 Å². The molecule has 0 radical (unpaired) electrons. The molecule has 1 N–H and O–H groups in total. The Kier molecular flexibility index (Phi) is 4.15. The van der Waals surface area contributed by atoms with E-state index in [4.69, 9.17) is 0 Å². The van der Waals surface area contributed by atoms with Crippen LogP contribution in [0, 0.1) is 5.92 Å². The van der Waals surface area contributed by atoms with Gasteiger partial charge in [-0.15, -0.1) is 11.3 Å². The lowest BCUT2D eigenvalue weighted by atomic mass is 10.0. The first-order chi connectivity index (χ1) is 10.2. The molecule has 1 atom stereocenters. The summed E-state index contributed by atoms with van der Waals surface area (Å²) < 4.78 is 0. The van der Waals surface area contributed by atoms with E-state index in [1.165, 1.54) is 17.8 Å². The number of rotatable bonds is 3. The van der Waals surface area contributed by atoms with Gasteiger partial charge in [0.15, 0.2) is 5.13 Å². The first-order valence-corrected chi connectivity index (χ1v) is 8.02. The topological polar surface area (TPSA) is 58.1 Å². The van der Waals surface area contributed by atoms with Crippen molar-refractivity contribution in [2.24, 2.45) is 5.92 Å². The molecular weight excluding hydrogens is 284 g/mol. The second-order valence-electron chi connectivity index (χ2n) is 5.40. The number of amides is 1. The Morgan fingerprint density at radius 3 is 3.19 bits per heavy atom. The minimum atomic E-state index is 0.0389.